The van der Waals surface area contributed by atoms with Crippen LogP contribution < -0.4 is 15.5 Å². The summed E-state index contributed by atoms with van der Waals surface area (Å²) in [6.45, 7) is 0.437. The third-order valence-corrected chi connectivity index (χ3v) is 5.46. The maximum atomic E-state index is 14.0. The summed E-state index contributed by atoms with van der Waals surface area (Å²) in [6.07, 6.45) is 5.41. The fourth-order valence-corrected chi connectivity index (χ4v) is 3.56. The Morgan fingerprint density at radius 3 is 2.62 bits per heavy atom. The molecule has 29 heavy (non-hydrogen) atoms. The molecule has 1 fully saturated rings. The van der Waals surface area contributed by atoms with Crippen LogP contribution in [0.2, 0.25) is 5.02 Å². The molecule has 3 rings (SSSR count). The van der Waals surface area contributed by atoms with Crippen molar-refractivity contribution in [3.63, 3.8) is 0 Å². The quantitative estimate of drug-likeness (QED) is 0.690. The van der Waals surface area contributed by atoms with E-state index in [2.05, 4.69) is 20.6 Å². The van der Waals surface area contributed by atoms with Crippen molar-refractivity contribution in [3.8, 4) is 0 Å². The average Bonchev–Trinajstić information content (AvgIpc) is 2.71. The van der Waals surface area contributed by atoms with Gasteiger partial charge in [-0.15, -0.1) is 0 Å². The van der Waals surface area contributed by atoms with Gasteiger partial charge in [0, 0.05) is 32.9 Å². The predicted molar refractivity (Wildman–Crippen MR) is 109 cm³/mol. The summed E-state index contributed by atoms with van der Waals surface area (Å²) in [6, 6.07) is 4.22. The molecule has 0 radical (unpaired) electrons. The second-order valence-corrected chi connectivity index (χ2v) is 7.81. The Kier molecular flexibility index (Phi) is 6.84. The van der Waals surface area contributed by atoms with Crippen LogP contribution in [0.25, 0.3) is 0 Å². The van der Waals surface area contributed by atoms with Crippen LogP contribution >= 0.6 is 11.6 Å². The van der Waals surface area contributed by atoms with E-state index in [1.165, 1.54) is 0 Å². The molecule has 9 heteroatoms. The smallest absolute Gasteiger partial charge is 0.254 e. The molecule has 1 aromatic carbocycles. The summed E-state index contributed by atoms with van der Waals surface area (Å²) in [5.41, 5.74) is -0.246. The molecule has 0 atom stereocenters. The first-order valence-corrected chi connectivity index (χ1v) is 9.91. The van der Waals surface area contributed by atoms with Crippen LogP contribution in [0.5, 0.6) is 0 Å². The number of carbonyl (C=O) groups is 1. The summed E-state index contributed by atoms with van der Waals surface area (Å²) >= 11 is 5.54. The largest absolute Gasteiger partial charge is 0.363 e. The van der Waals surface area contributed by atoms with Gasteiger partial charge in [0.2, 0.25) is 5.95 Å². The van der Waals surface area contributed by atoms with E-state index in [4.69, 9.17) is 11.6 Å². The lowest BCUT2D eigenvalue weighted by molar-refractivity contribution is 0.0939. The lowest BCUT2D eigenvalue weighted by Gasteiger charge is -2.29. The van der Waals surface area contributed by atoms with Gasteiger partial charge in [0.25, 0.3) is 5.91 Å². The van der Waals surface area contributed by atoms with E-state index >= 15 is 0 Å². The first kappa shape index (κ1) is 21.2. The van der Waals surface area contributed by atoms with E-state index in [-0.39, 0.29) is 11.6 Å². The molecule has 0 saturated heterocycles. The molecule has 0 unspecified atom stereocenters. The van der Waals surface area contributed by atoms with Crippen molar-refractivity contribution in [1.29, 1.82) is 0 Å². The molecule has 0 bridgehead atoms. The number of rotatable bonds is 6. The van der Waals surface area contributed by atoms with Gasteiger partial charge in [0.05, 0.1) is 5.56 Å². The van der Waals surface area contributed by atoms with Crippen molar-refractivity contribution in [1.82, 2.24) is 15.3 Å². The molecular formula is C20H24ClF2N5O. The van der Waals surface area contributed by atoms with Crippen LogP contribution in [0.15, 0.2) is 24.4 Å². The normalized spacial score (nSPS) is 18.9. The SMILES string of the molecule is CN(C)c1ccnc(NC2CCC(CNC(=O)c3ccc(F)c(Cl)c3F)CC2)n1. The lowest BCUT2D eigenvalue weighted by atomic mass is 9.86. The zero-order valence-electron chi connectivity index (χ0n) is 16.4. The third kappa shape index (κ3) is 5.32. The van der Waals surface area contributed by atoms with Gasteiger partial charge in [-0.1, -0.05) is 11.6 Å². The van der Waals surface area contributed by atoms with Crippen LogP contribution in [0.1, 0.15) is 36.0 Å². The number of nitrogens with one attached hydrogen (secondary N) is 2. The van der Waals surface area contributed by atoms with Gasteiger partial charge < -0.3 is 15.5 Å². The van der Waals surface area contributed by atoms with E-state index < -0.39 is 22.6 Å². The third-order valence-electron chi connectivity index (χ3n) is 5.11. The monoisotopic (exact) mass is 423 g/mol. The van der Waals surface area contributed by atoms with Crippen LogP contribution in [0, 0.1) is 17.6 Å². The average molecular weight is 424 g/mol. The molecule has 156 valence electrons. The zero-order valence-corrected chi connectivity index (χ0v) is 17.1. The molecule has 0 spiro atoms. The molecule has 1 saturated carbocycles. The number of nitrogens with zero attached hydrogens (tertiary/aromatic N) is 3. The van der Waals surface area contributed by atoms with Crippen molar-refractivity contribution in [2.24, 2.45) is 5.92 Å². The highest BCUT2D eigenvalue weighted by Gasteiger charge is 2.23. The first-order valence-electron chi connectivity index (χ1n) is 9.53. The second-order valence-electron chi connectivity index (χ2n) is 7.43. The van der Waals surface area contributed by atoms with Crippen molar-refractivity contribution in [2.45, 2.75) is 31.7 Å². The van der Waals surface area contributed by atoms with Gasteiger partial charge in [0.15, 0.2) is 5.82 Å². The summed E-state index contributed by atoms with van der Waals surface area (Å²) < 4.78 is 27.2. The molecule has 1 aliphatic rings. The second kappa shape index (κ2) is 9.35. The number of aromatic nitrogens is 2. The molecule has 1 aromatic heterocycles. The number of benzene rings is 1. The topological polar surface area (TPSA) is 70.2 Å². The van der Waals surface area contributed by atoms with Gasteiger partial charge in [-0.25, -0.2) is 13.8 Å². The fourth-order valence-electron chi connectivity index (χ4n) is 3.39. The van der Waals surface area contributed by atoms with Crippen molar-refractivity contribution in [3.05, 3.63) is 46.6 Å². The molecule has 1 amide bonds. The van der Waals surface area contributed by atoms with E-state index in [1.54, 1.807) is 6.20 Å². The Morgan fingerprint density at radius 1 is 1.21 bits per heavy atom. The van der Waals surface area contributed by atoms with Crippen LogP contribution in [-0.2, 0) is 0 Å². The molecule has 1 aliphatic carbocycles. The number of amides is 1. The summed E-state index contributed by atoms with van der Waals surface area (Å²) in [7, 11) is 3.86. The molecule has 6 nitrogen and oxygen atoms in total. The number of hydrogen-bond acceptors (Lipinski definition) is 5. The lowest BCUT2D eigenvalue weighted by Crippen LogP contribution is -2.34. The van der Waals surface area contributed by atoms with Gasteiger partial charge in [-0.2, -0.15) is 4.98 Å². The van der Waals surface area contributed by atoms with Gasteiger partial charge in [-0.3, -0.25) is 4.79 Å². The van der Waals surface area contributed by atoms with E-state index in [9.17, 15) is 13.6 Å². The molecule has 1 heterocycles. The molecule has 2 N–H and O–H groups in total. The minimum atomic E-state index is -1.03. The Balaban J connectivity index is 1.47. The first-order chi connectivity index (χ1) is 13.8. The number of carbonyl (C=O) groups excluding carboxylic acids is 1. The highest BCUT2D eigenvalue weighted by molar-refractivity contribution is 6.31. The van der Waals surface area contributed by atoms with Crippen LogP contribution in [0.4, 0.5) is 20.5 Å². The summed E-state index contributed by atoms with van der Waals surface area (Å²) in [4.78, 5) is 22.9. The van der Waals surface area contributed by atoms with Crippen molar-refractivity contribution < 1.29 is 13.6 Å². The maximum absolute atomic E-state index is 14.0. The predicted octanol–water partition coefficient (Wildman–Crippen LogP) is 3.87. The summed E-state index contributed by atoms with van der Waals surface area (Å²) in [5, 5.41) is 5.44. The van der Waals surface area contributed by atoms with Gasteiger partial charge in [0.1, 0.15) is 16.7 Å². The molecular weight excluding hydrogens is 400 g/mol. The minimum absolute atomic E-state index is 0.246. The number of hydrogen-bond donors (Lipinski definition) is 2. The standard InChI is InChI=1S/C20H24ClF2N5O/c1-28(2)16-9-10-24-20(27-16)26-13-5-3-12(4-6-13)11-25-19(29)14-7-8-15(22)17(21)18(14)23/h7-10,12-13H,3-6,11H2,1-2H3,(H,25,29)(H,24,26,27). The van der Waals surface area contributed by atoms with Crippen molar-refractivity contribution in [2.75, 3.05) is 30.9 Å². The highest BCUT2D eigenvalue weighted by Crippen LogP contribution is 2.26. The van der Waals surface area contributed by atoms with Gasteiger partial charge in [-0.05, 0) is 49.8 Å². The van der Waals surface area contributed by atoms with Gasteiger partial charge >= 0.3 is 0 Å². The Morgan fingerprint density at radius 2 is 1.93 bits per heavy atom. The van der Waals surface area contributed by atoms with E-state index in [0.717, 1.165) is 43.6 Å². The Labute approximate surface area is 173 Å². The Hall–Kier alpha value is -2.48. The zero-order chi connectivity index (χ0) is 21.0. The molecule has 0 aliphatic heterocycles. The van der Waals surface area contributed by atoms with Crippen LogP contribution in [-0.4, -0.2) is 42.6 Å². The highest BCUT2D eigenvalue weighted by atomic mass is 35.5. The fraction of sp³-hybridized carbons (Fsp3) is 0.450. The van der Waals surface area contributed by atoms with Crippen LogP contribution in [0.3, 0.4) is 0 Å². The number of anilines is 2. The van der Waals surface area contributed by atoms with Crippen molar-refractivity contribution >= 4 is 29.3 Å². The van der Waals surface area contributed by atoms with E-state index in [0.29, 0.717) is 18.4 Å². The minimum Gasteiger partial charge on any atom is -0.363 e. The van der Waals surface area contributed by atoms with E-state index in [1.807, 2.05) is 25.1 Å². The molecule has 2 aromatic rings. The Bertz CT molecular complexity index is 872. The summed E-state index contributed by atoms with van der Waals surface area (Å²) in [5.74, 6) is -0.754. The number of halogens is 3. The maximum Gasteiger partial charge on any atom is 0.254 e.